The van der Waals surface area contributed by atoms with Crippen LogP contribution in [-0.4, -0.2) is 25.0 Å². The standard InChI is InChI=1S/C27H22BrFN2O4/c1-15-8-9-16(2)23(10-15)31-26(33)20(25(32)30-27(31)34)11-17-12-21(28)19(24(13-17)35-3)14-18-6-4-5-7-22(18)29/h4-13H,14H2,1-3H3,(H,30,32,34)/b20-11+. The smallest absolute Gasteiger partial charge is 0.335 e. The Labute approximate surface area is 210 Å². The van der Waals surface area contributed by atoms with E-state index in [1.54, 1.807) is 49.4 Å². The highest BCUT2D eigenvalue weighted by atomic mass is 79.9. The van der Waals surface area contributed by atoms with E-state index in [2.05, 4.69) is 21.2 Å². The van der Waals surface area contributed by atoms with Gasteiger partial charge in [-0.15, -0.1) is 0 Å². The zero-order valence-electron chi connectivity index (χ0n) is 19.3. The number of hydrogen-bond donors (Lipinski definition) is 1. The van der Waals surface area contributed by atoms with Crippen molar-refractivity contribution in [2.45, 2.75) is 20.3 Å². The van der Waals surface area contributed by atoms with Gasteiger partial charge in [0.2, 0.25) is 0 Å². The number of anilines is 1. The fraction of sp³-hybridized carbons (Fsp3) is 0.148. The van der Waals surface area contributed by atoms with Crippen LogP contribution in [0.25, 0.3) is 6.08 Å². The van der Waals surface area contributed by atoms with Crippen LogP contribution in [0.4, 0.5) is 14.9 Å². The summed E-state index contributed by atoms with van der Waals surface area (Å²) in [6.45, 7) is 3.63. The number of carbonyl (C=O) groups excluding carboxylic acids is 3. The van der Waals surface area contributed by atoms with Crippen molar-refractivity contribution in [2.24, 2.45) is 0 Å². The molecule has 3 aromatic rings. The number of barbiturate groups is 1. The molecule has 0 spiro atoms. The van der Waals surface area contributed by atoms with Gasteiger partial charge >= 0.3 is 6.03 Å². The van der Waals surface area contributed by atoms with E-state index in [0.29, 0.717) is 32.6 Å². The van der Waals surface area contributed by atoms with Gasteiger partial charge in [0.15, 0.2) is 0 Å². The summed E-state index contributed by atoms with van der Waals surface area (Å²) in [5.74, 6) is -1.38. The largest absolute Gasteiger partial charge is 0.496 e. The Kier molecular flexibility index (Phi) is 6.84. The monoisotopic (exact) mass is 536 g/mol. The molecule has 1 N–H and O–H groups in total. The number of methoxy groups -OCH3 is 1. The summed E-state index contributed by atoms with van der Waals surface area (Å²) in [6.07, 6.45) is 1.68. The lowest BCUT2D eigenvalue weighted by molar-refractivity contribution is -0.122. The predicted molar refractivity (Wildman–Crippen MR) is 135 cm³/mol. The minimum atomic E-state index is -0.801. The molecule has 0 radical (unpaired) electrons. The van der Waals surface area contributed by atoms with E-state index >= 15 is 0 Å². The van der Waals surface area contributed by atoms with Crippen molar-refractivity contribution in [3.05, 3.63) is 98.3 Å². The van der Waals surface area contributed by atoms with Crippen LogP contribution in [0.5, 0.6) is 5.75 Å². The molecular formula is C27H22BrFN2O4. The molecule has 0 aliphatic carbocycles. The van der Waals surface area contributed by atoms with Crippen molar-refractivity contribution < 1.29 is 23.5 Å². The van der Waals surface area contributed by atoms with Crippen molar-refractivity contribution in [3.8, 4) is 5.75 Å². The highest BCUT2D eigenvalue weighted by Gasteiger charge is 2.37. The topological polar surface area (TPSA) is 75.7 Å². The van der Waals surface area contributed by atoms with Crippen LogP contribution >= 0.6 is 15.9 Å². The number of amides is 4. The lowest BCUT2D eigenvalue weighted by Gasteiger charge is -2.28. The molecule has 0 saturated carbocycles. The summed E-state index contributed by atoms with van der Waals surface area (Å²) >= 11 is 3.51. The van der Waals surface area contributed by atoms with Crippen molar-refractivity contribution in [3.63, 3.8) is 0 Å². The van der Waals surface area contributed by atoms with Crippen LogP contribution in [0.1, 0.15) is 27.8 Å². The van der Waals surface area contributed by atoms with Crippen LogP contribution in [-0.2, 0) is 16.0 Å². The van der Waals surface area contributed by atoms with Gasteiger partial charge in [0.25, 0.3) is 11.8 Å². The molecule has 4 rings (SSSR count). The van der Waals surface area contributed by atoms with E-state index in [9.17, 15) is 18.8 Å². The second-order valence-corrected chi connectivity index (χ2v) is 9.05. The lowest BCUT2D eigenvalue weighted by Crippen LogP contribution is -2.54. The first-order valence-corrected chi connectivity index (χ1v) is 11.6. The molecule has 8 heteroatoms. The Bertz CT molecular complexity index is 1400. The molecule has 178 valence electrons. The molecule has 1 aliphatic rings. The molecule has 0 aromatic heterocycles. The number of nitrogens with one attached hydrogen (secondary N) is 1. The van der Waals surface area contributed by atoms with Gasteiger partial charge in [-0.2, -0.15) is 0 Å². The SMILES string of the molecule is COc1cc(/C=C2\C(=O)NC(=O)N(c3cc(C)ccc3C)C2=O)cc(Br)c1Cc1ccccc1F. The van der Waals surface area contributed by atoms with Gasteiger partial charge in [-0.25, -0.2) is 14.1 Å². The van der Waals surface area contributed by atoms with E-state index in [4.69, 9.17) is 4.74 Å². The molecule has 35 heavy (non-hydrogen) atoms. The third kappa shape index (κ3) is 4.88. The Morgan fingerprint density at radius 3 is 2.51 bits per heavy atom. The summed E-state index contributed by atoms with van der Waals surface area (Å²) in [7, 11) is 1.49. The lowest BCUT2D eigenvalue weighted by atomic mass is 10.00. The van der Waals surface area contributed by atoms with E-state index < -0.39 is 17.8 Å². The molecular weight excluding hydrogens is 515 g/mol. The first-order chi connectivity index (χ1) is 16.7. The number of halogens is 2. The van der Waals surface area contributed by atoms with Gasteiger partial charge in [0, 0.05) is 16.5 Å². The summed E-state index contributed by atoms with van der Waals surface area (Å²) in [6, 6.07) is 14.4. The Morgan fingerprint density at radius 2 is 1.80 bits per heavy atom. The zero-order chi connectivity index (χ0) is 25.3. The normalized spacial score (nSPS) is 14.9. The van der Waals surface area contributed by atoms with E-state index in [1.165, 1.54) is 19.3 Å². The Morgan fingerprint density at radius 1 is 1.06 bits per heavy atom. The maximum Gasteiger partial charge on any atom is 0.335 e. The van der Waals surface area contributed by atoms with Crippen LogP contribution in [0.3, 0.4) is 0 Å². The summed E-state index contributed by atoms with van der Waals surface area (Å²) in [5, 5.41) is 2.24. The first-order valence-electron chi connectivity index (χ1n) is 10.8. The maximum absolute atomic E-state index is 14.2. The quantitative estimate of drug-likeness (QED) is 0.346. The van der Waals surface area contributed by atoms with Gasteiger partial charge < -0.3 is 4.74 Å². The summed E-state index contributed by atoms with van der Waals surface area (Å²) < 4.78 is 20.3. The fourth-order valence-electron chi connectivity index (χ4n) is 3.90. The van der Waals surface area contributed by atoms with Gasteiger partial charge in [-0.05, 0) is 66.4 Å². The molecule has 1 fully saturated rings. The molecule has 0 bridgehead atoms. The van der Waals surface area contributed by atoms with Crippen LogP contribution < -0.4 is 15.0 Å². The third-order valence-electron chi connectivity index (χ3n) is 5.74. The number of hydrogen-bond acceptors (Lipinski definition) is 4. The molecule has 0 unspecified atom stereocenters. The summed E-state index contributed by atoms with van der Waals surface area (Å²) in [4.78, 5) is 39.4. The molecule has 0 atom stereocenters. The average molecular weight is 537 g/mol. The Hall–Kier alpha value is -3.78. The van der Waals surface area contributed by atoms with Gasteiger partial charge in [-0.1, -0.05) is 46.3 Å². The second kappa shape index (κ2) is 9.84. The number of rotatable bonds is 5. The van der Waals surface area contributed by atoms with E-state index in [1.807, 2.05) is 13.0 Å². The number of urea groups is 1. The van der Waals surface area contributed by atoms with Crippen LogP contribution in [0, 0.1) is 19.7 Å². The summed E-state index contributed by atoms with van der Waals surface area (Å²) in [5.41, 5.74) is 3.52. The number of carbonyl (C=O) groups is 3. The fourth-order valence-corrected chi connectivity index (χ4v) is 4.50. The highest BCUT2D eigenvalue weighted by molar-refractivity contribution is 9.10. The van der Waals surface area contributed by atoms with Crippen LogP contribution in [0.2, 0.25) is 0 Å². The molecule has 1 saturated heterocycles. The molecule has 4 amide bonds. The first kappa shape index (κ1) is 24.3. The average Bonchev–Trinajstić information content (AvgIpc) is 2.81. The predicted octanol–water partition coefficient (Wildman–Crippen LogP) is 5.47. The number of ether oxygens (including phenoxy) is 1. The van der Waals surface area contributed by atoms with Gasteiger partial charge in [0.1, 0.15) is 17.1 Å². The molecule has 6 nitrogen and oxygen atoms in total. The molecule has 3 aromatic carbocycles. The number of imide groups is 2. The van der Waals surface area contributed by atoms with Crippen molar-refractivity contribution in [2.75, 3.05) is 12.0 Å². The molecule has 1 aliphatic heterocycles. The highest BCUT2D eigenvalue weighted by Crippen LogP contribution is 2.33. The van der Waals surface area contributed by atoms with Crippen molar-refractivity contribution in [1.29, 1.82) is 0 Å². The van der Waals surface area contributed by atoms with Gasteiger partial charge in [-0.3, -0.25) is 14.9 Å². The number of benzene rings is 3. The van der Waals surface area contributed by atoms with Gasteiger partial charge in [0.05, 0.1) is 12.8 Å². The van der Waals surface area contributed by atoms with Crippen molar-refractivity contribution >= 4 is 45.5 Å². The minimum Gasteiger partial charge on any atom is -0.496 e. The zero-order valence-corrected chi connectivity index (χ0v) is 20.9. The van der Waals surface area contributed by atoms with Crippen molar-refractivity contribution in [1.82, 2.24) is 5.32 Å². The molecule has 1 heterocycles. The Balaban J connectivity index is 1.73. The minimum absolute atomic E-state index is 0.193. The number of aryl methyl sites for hydroxylation is 2. The number of nitrogens with zero attached hydrogens (tertiary/aromatic N) is 1. The van der Waals surface area contributed by atoms with Crippen LogP contribution in [0.15, 0.2) is 64.6 Å². The maximum atomic E-state index is 14.2. The second-order valence-electron chi connectivity index (χ2n) is 8.20. The van der Waals surface area contributed by atoms with E-state index in [0.717, 1.165) is 16.0 Å². The third-order valence-corrected chi connectivity index (χ3v) is 6.45. The van der Waals surface area contributed by atoms with E-state index in [-0.39, 0.29) is 17.8 Å².